The summed E-state index contributed by atoms with van der Waals surface area (Å²) < 4.78 is 0. The summed E-state index contributed by atoms with van der Waals surface area (Å²) in [4.78, 5) is 2.43. The van der Waals surface area contributed by atoms with Gasteiger partial charge in [-0.15, -0.1) is 0 Å². The summed E-state index contributed by atoms with van der Waals surface area (Å²) >= 11 is 0. The molecule has 1 aliphatic heterocycles. The molecule has 1 aromatic carbocycles. The molecule has 0 aliphatic carbocycles. The van der Waals surface area contributed by atoms with Gasteiger partial charge in [0.15, 0.2) is 0 Å². The van der Waals surface area contributed by atoms with Crippen molar-refractivity contribution >= 4 is 5.69 Å². The van der Waals surface area contributed by atoms with E-state index in [-0.39, 0.29) is 5.41 Å². The van der Waals surface area contributed by atoms with Crippen molar-refractivity contribution in [3.05, 3.63) is 77.6 Å². The number of anilines is 1. The van der Waals surface area contributed by atoms with Gasteiger partial charge in [-0.3, -0.25) is 0 Å². The molecular formula is C23H31N. The minimum Gasteiger partial charge on any atom is -0.344 e. The van der Waals surface area contributed by atoms with Crippen LogP contribution in [0.3, 0.4) is 0 Å². The summed E-state index contributed by atoms with van der Waals surface area (Å²) in [5, 5.41) is 0. The Kier molecular flexibility index (Phi) is 5.54. The molecule has 1 heterocycles. The van der Waals surface area contributed by atoms with Crippen LogP contribution in [0.5, 0.6) is 0 Å². The molecule has 2 rings (SSSR count). The van der Waals surface area contributed by atoms with Crippen molar-refractivity contribution in [3.8, 4) is 0 Å². The van der Waals surface area contributed by atoms with Crippen LogP contribution in [0, 0.1) is 12.8 Å². The van der Waals surface area contributed by atoms with Crippen molar-refractivity contribution in [2.75, 3.05) is 11.4 Å². The van der Waals surface area contributed by atoms with Gasteiger partial charge in [-0.25, -0.2) is 0 Å². The van der Waals surface area contributed by atoms with Crippen LogP contribution >= 0.6 is 0 Å². The zero-order valence-electron chi connectivity index (χ0n) is 16.1. The normalized spacial score (nSPS) is 18.3. The van der Waals surface area contributed by atoms with Crippen LogP contribution in [0.25, 0.3) is 0 Å². The number of nitrogens with zero attached hydrogens (tertiary/aromatic N) is 1. The summed E-state index contributed by atoms with van der Waals surface area (Å²) in [5.74, 6) is 0.495. The largest absolute Gasteiger partial charge is 0.344 e. The van der Waals surface area contributed by atoms with Crippen LogP contribution in [0.15, 0.2) is 66.4 Å². The molecule has 1 aliphatic rings. The maximum absolute atomic E-state index is 4.07. The maximum Gasteiger partial charge on any atom is 0.0450 e. The third-order valence-electron chi connectivity index (χ3n) is 4.89. The molecule has 128 valence electrons. The van der Waals surface area contributed by atoms with Crippen molar-refractivity contribution in [1.29, 1.82) is 0 Å². The molecular weight excluding hydrogens is 290 g/mol. The van der Waals surface area contributed by atoms with Gasteiger partial charge in [-0.1, -0.05) is 81.8 Å². The highest BCUT2D eigenvalue weighted by atomic mass is 15.2. The standard InChI is InChI=1S/C23H31N/c1-8-24-21-15-14-18(4)16-20(21)23(6,7)22(24)13-11-9-10-12-19(5)17(2)3/h9-17H,5,8H2,1-4,6-7H3/b11-9+,12-10+,22-13-. The zero-order chi connectivity index (χ0) is 17.9. The first kappa shape index (κ1) is 18.3. The fourth-order valence-electron chi connectivity index (χ4n) is 3.21. The number of allylic oxidation sites excluding steroid dienone is 7. The molecule has 0 radical (unpaired) electrons. The summed E-state index contributed by atoms with van der Waals surface area (Å²) in [6, 6.07) is 6.79. The van der Waals surface area contributed by atoms with Crippen LogP contribution in [-0.2, 0) is 5.41 Å². The lowest BCUT2D eigenvalue weighted by molar-refractivity contribution is 0.633. The Morgan fingerprint density at radius 1 is 1.21 bits per heavy atom. The molecule has 0 bridgehead atoms. The topological polar surface area (TPSA) is 3.24 Å². The van der Waals surface area contributed by atoms with Gasteiger partial charge < -0.3 is 4.90 Å². The van der Waals surface area contributed by atoms with E-state index in [4.69, 9.17) is 0 Å². The molecule has 0 saturated heterocycles. The second kappa shape index (κ2) is 7.25. The number of hydrogen-bond donors (Lipinski definition) is 0. The molecule has 24 heavy (non-hydrogen) atoms. The van der Waals surface area contributed by atoms with Crippen molar-refractivity contribution < 1.29 is 0 Å². The fourth-order valence-corrected chi connectivity index (χ4v) is 3.21. The van der Waals surface area contributed by atoms with Gasteiger partial charge in [-0.05, 0) is 37.5 Å². The summed E-state index contributed by atoms with van der Waals surface area (Å²) in [5.41, 5.74) is 6.64. The second-order valence-corrected chi connectivity index (χ2v) is 7.42. The van der Waals surface area contributed by atoms with Gasteiger partial charge >= 0.3 is 0 Å². The Morgan fingerprint density at radius 2 is 1.92 bits per heavy atom. The Bertz CT molecular complexity index is 699. The number of hydrogen-bond acceptors (Lipinski definition) is 1. The van der Waals surface area contributed by atoms with Gasteiger partial charge in [0.25, 0.3) is 0 Å². The monoisotopic (exact) mass is 321 g/mol. The second-order valence-electron chi connectivity index (χ2n) is 7.42. The van der Waals surface area contributed by atoms with E-state index in [1.165, 1.54) is 22.5 Å². The smallest absolute Gasteiger partial charge is 0.0450 e. The summed E-state index contributed by atoms with van der Waals surface area (Å²) in [7, 11) is 0. The molecule has 0 fully saturated rings. The van der Waals surface area contributed by atoms with Gasteiger partial charge in [0.05, 0.1) is 0 Å². The molecule has 1 nitrogen and oxygen atoms in total. The first-order chi connectivity index (χ1) is 11.3. The molecule has 0 saturated carbocycles. The first-order valence-corrected chi connectivity index (χ1v) is 8.92. The van der Waals surface area contributed by atoms with Crippen LogP contribution in [0.4, 0.5) is 5.69 Å². The Morgan fingerprint density at radius 3 is 2.54 bits per heavy atom. The number of benzene rings is 1. The van der Waals surface area contributed by atoms with Gasteiger partial charge in [0, 0.05) is 23.3 Å². The lowest BCUT2D eigenvalue weighted by atomic mass is 9.83. The molecule has 0 spiro atoms. The quantitative estimate of drug-likeness (QED) is 0.573. The number of aryl methyl sites for hydroxylation is 1. The van der Waals surface area contributed by atoms with Crippen LogP contribution in [0.2, 0.25) is 0 Å². The molecule has 0 amide bonds. The summed E-state index contributed by atoms with van der Waals surface area (Å²) in [6.45, 7) is 18.4. The maximum atomic E-state index is 4.07. The first-order valence-electron chi connectivity index (χ1n) is 8.92. The molecule has 0 atom stereocenters. The zero-order valence-corrected chi connectivity index (χ0v) is 16.1. The SMILES string of the molecule is C=C(/C=C/C=C/C=C1\N(CC)c2ccc(C)cc2C1(C)C)C(C)C. The predicted octanol–water partition coefficient (Wildman–Crippen LogP) is 6.32. The van der Waals surface area contributed by atoms with Crippen LogP contribution < -0.4 is 4.90 Å². The number of likely N-dealkylation sites (N-methyl/N-ethyl adjacent to an activating group) is 1. The van der Waals surface area contributed by atoms with E-state index in [0.717, 1.165) is 12.1 Å². The highest BCUT2D eigenvalue weighted by Gasteiger charge is 2.38. The lowest BCUT2D eigenvalue weighted by Gasteiger charge is -2.25. The van der Waals surface area contributed by atoms with Crippen molar-refractivity contribution in [1.82, 2.24) is 0 Å². The van der Waals surface area contributed by atoms with E-state index in [9.17, 15) is 0 Å². The fraction of sp³-hybridized carbons (Fsp3) is 0.391. The van der Waals surface area contributed by atoms with Gasteiger partial charge in [-0.2, -0.15) is 0 Å². The van der Waals surface area contributed by atoms with Crippen molar-refractivity contribution in [2.45, 2.75) is 47.0 Å². The molecule has 0 N–H and O–H groups in total. The van der Waals surface area contributed by atoms with E-state index in [1.54, 1.807) is 0 Å². The molecule has 0 aromatic heterocycles. The lowest BCUT2D eigenvalue weighted by Crippen LogP contribution is -2.25. The molecule has 1 aromatic rings. The highest BCUT2D eigenvalue weighted by molar-refractivity contribution is 5.71. The van der Waals surface area contributed by atoms with E-state index in [1.807, 2.05) is 0 Å². The third kappa shape index (κ3) is 3.56. The Balaban J connectivity index is 2.28. The number of fused-ring (bicyclic) bond motifs is 1. The average Bonchev–Trinajstić information content (AvgIpc) is 2.73. The van der Waals surface area contributed by atoms with E-state index in [2.05, 4.69) is 102 Å². The average molecular weight is 322 g/mol. The van der Waals surface area contributed by atoms with Gasteiger partial charge in [0.1, 0.15) is 0 Å². The van der Waals surface area contributed by atoms with Crippen molar-refractivity contribution in [3.63, 3.8) is 0 Å². The third-order valence-corrected chi connectivity index (χ3v) is 4.89. The highest BCUT2D eigenvalue weighted by Crippen LogP contribution is 2.47. The summed E-state index contributed by atoms with van der Waals surface area (Å²) in [6.07, 6.45) is 10.7. The number of rotatable bonds is 5. The van der Waals surface area contributed by atoms with E-state index < -0.39 is 0 Å². The van der Waals surface area contributed by atoms with Gasteiger partial charge in [0.2, 0.25) is 0 Å². The Hall–Kier alpha value is -2.02. The Labute approximate surface area is 148 Å². The van der Waals surface area contributed by atoms with E-state index >= 15 is 0 Å². The molecule has 0 unspecified atom stereocenters. The van der Waals surface area contributed by atoms with E-state index in [0.29, 0.717) is 5.92 Å². The minimum atomic E-state index is 0.0347. The van der Waals surface area contributed by atoms with Crippen LogP contribution in [-0.4, -0.2) is 6.54 Å². The van der Waals surface area contributed by atoms with Crippen LogP contribution in [0.1, 0.15) is 45.7 Å². The minimum absolute atomic E-state index is 0.0347. The van der Waals surface area contributed by atoms with Crippen molar-refractivity contribution in [2.24, 2.45) is 5.92 Å². The molecule has 1 heteroatoms. The predicted molar refractivity (Wildman–Crippen MR) is 108 cm³/mol.